The number of ether oxygens (including phenoxy) is 1. The van der Waals surface area contributed by atoms with Gasteiger partial charge in [-0.15, -0.1) is 11.3 Å². The van der Waals surface area contributed by atoms with Crippen LogP contribution in [0.4, 0.5) is 5.82 Å². The lowest BCUT2D eigenvalue weighted by atomic mass is 10.2. The molecule has 2 aromatic rings. The summed E-state index contributed by atoms with van der Waals surface area (Å²) in [5.74, 6) is 7.15. The Hall–Kier alpha value is -1.24. The van der Waals surface area contributed by atoms with E-state index in [1.807, 2.05) is 6.92 Å². The Kier molecular flexibility index (Phi) is 3.87. The van der Waals surface area contributed by atoms with Crippen LogP contribution in [0, 0.1) is 0 Å². The lowest BCUT2D eigenvalue weighted by molar-refractivity contribution is 0.0538. The van der Waals surface area contributed by atoms with Gasteiger partial charge in [0, 0.05) is 11.5 Å². The molecule has 0 fully saturated rings. The number of anilines is 1. The molecular weight excluding hydrogens is 272 g/mol. The summed E-state index contributed by atoms with van der Waals surface area (Å²) >= 11 is 1.77. The lowest BCUT2D eigenvalue weighted by Crippen LogP contribution is -2.14. The van der Waals surface area contributed by atoms with Crippen LogP contribution < -0.4 is 11.3 Å². The summed E-state index contributed by atoms with van der Waals surface area (Å²) in [6.45, 7) is 4.73. The second-order valence-corrected chi connectivity index (χ2v) is 6.05. The van der Waals surface area contributed by atoms with Gasteiger partial charge in [-0.25, -0.2) is 15.8 Å². The van der Waals surface area contributed by atoms with Crippen molar-refractivity contribution in [3.8, 4) is 0 Å². The molecule has 5 nitrogen and oxygen atoms in total. The summed E-state index contributed by atoms with van der Waals surface area (Å²) in [6.07, 6.45) is 4.27. The van der Waals surface area contributed by atoms with E-state index in [0.717, 1.165) is 41.1 Å². The van der Waals surface area contributed by atoms with Crippen LogP contribution >= 0.6 is 11.3 Å². The van der Waals surface area contributed by atoms with Crippen molar-refractivity contribution in [2.24, 2.45) is 5.84 Å². The van der Waals surface area contributed by atoms with Crippen molar-refractivity contribution < 1.29 is 4.74 Å². The molecule has 20 heavy (non-hydrogen) atoms. The van der Waals surface area contributed by atoms with Crippen LogP contribution in [0.5, 0.6) is 0 Å². The fourth-order valence-corrected chi connectivity index (χ4v) is 4.11. The first-order valence-electron chi connectivity index (χ1n) is 7.18. The second-order valence-electron chi connectivity index (χ2n) is 4.96. The second kappa shape index (κ2) is 5.63. The monoisotopic (exact) mass is 292 g/mol. The Balaban J connectivity index is 2.13. The summed E-state index contributed by atoms with van der Waals surface area (Å²) in [5.41, 5.74) is 4.13. The van der Waals surface area contributed by atoms with Gasteiger partial charge in [0.2, 0.25) is 0 Å². The molecule has 0 amide bonds. The molecule has 1 aliphatic carbocycles. The number of hydrogen-bond acceptors (Lipinski definition) is 6. The largest absolute Gasteiger partial charge is 0.371 e. The van der Waals surface area contributed by atoms with E-state index in [2.05, 4.69) is 17.3 Å². The molecule has 0 bridgehead atoms. The van der Waals surface area contributed by atoms with Crippen LogP contribution in [0.1, 0.15) is 49.1 Å². The van der Waals surface area contributed by atoms with Gasteiger partial charge in [0.25, 0.3) is 0 Å². The molecule has 0 saturated carbocycles. The molecule has 1 unspecified atom stereocenters. The standard InChI is InChI=1S/C14H20N4OS/c1-3-9(19-4-2)12-16-13(18-15)11-8-6-5-7-10(8)20-14(11)17-12/h9H,3-7,15H2,1-2H3,(H,16,17,18). The number of nitrogens with one attached hydrogen (secondary N) is 1. The average Bonchev–Trinajstić information content (AvgIpc) is 3.03. The summed E-state index contributed by atoms with van der Waals surface area (Å²) in [7, 11) is 0. The Morgan fingerprint density at radius 2 is 2.20 bits per heavy atom. The molecule has 1 atom stereocenters. The predicted octanol–water partition coefficient (Wildman–Crippen LogP) is 2.95. The number of nitrogen functional groups attached to an aromatic ring is 1. The third-order valence-electron chi connectivity index (χ3n) is 3.75. The normalized spacial score (nSPS) is 15.6. The highest BCUT2D eigenvalue weighted by Crippen LogP contribution is 2.40. The minimum atomic E-state index is -0.0616. The van der Waals surface area contributed by atoms with E-state index in [1.165, 1.54) is 16.9 Å². The molecule has 2 heterocycles. The van der Waals surface area contributed by atoms with E-state index in [1.54, 1.807) is 11.3 Å². The third-order valence-corrected chi connectivity index (χ3v) is 4.93. The van der Waals surface area contributed by atoms with Gasteiger partial charge in [0.15, 0.2) is 11.6 Å². The zero-order chi connectivity index (χ0) is 14.1. The Bertz CT molecular complexity index is 625. The smallest absolute Gasteiger partial charge is 0.161 e. The number of rotatable bonds is 5. The van der Waals surface area contributed by atoms with Crippen molar-refractivity contribution in [2.75, 3.05) is 12.0 Å². The van der Waals surface area contributed by atoms with E-state index in [4.69, 9.17) is 15.6 Å². The number of aryl methyl sites for hydroxylation is 2. The fourth-order valence-electron chi connectivity index (χ4n) is 2.84. The van der Waals surface area contributed by atoms with Crippen LogP contribution in [0.25, 0.3) is 10.2 Å². The van der Waals surface area contributed by atoms with Gasteiger partial charge in [0.05, 0.1) is 5.39 Å². The Morgan fingerprint density at radius 3 is 2.90 bits per heavy atom. The summed E-state index contributed by atoms with van der Waals surface area (Å²) in [5, 5.41) is 1.11. The lowest BCUT2D eigenvalue weighted by Gasteiger charge is -2.15. The SMILES string of the molecule is CCOC(CC)c1nc(NN)c2c3c(sc2n1)CCC3. The van der Waals surface area contributed by atoms with Gasteiger partial charge in [-0.1, -0.05) is 6.92 Å². The van der Waals surface area contributed by atoms with Crippen molar-refractivity contribution in [2.45, 2.75) is 45.6 Å². The Morgan fingerprint density at radius 1 is 1.35 bits per heavy atom. The molecule has 0 radical (unpaired) electrons. The maximum Gasteiger partial charge on any atom is 0.161 e. The van der Waals surface area contributed by atoms with E-state index in [-0.39, 0.29) is 6.10 Å². The number of thiophene rings is 1. The minimum Gasteiger partial charge on any atom is -0.371 e. The van der Waals surface area contributed by atoms with Gasteiger partial charge in [0.1, 0.15) is 10.9 Å². The summed E-state index contributed by atoms with van der Waals surface area (Å²) < 4.78 is 5.71. The number of hydrazine groups is 1. The third kappa shape index (κ3) is 2.17. The van der Waals surface area contributed by atoms with Crippen molar-refractivity contribution >= 4 is 27.4 Å². The van der Waals surface area contributed by atoms with Gasteiger partial charge in [-0.3, -0.25) is 0 Å². The number of hydrogen-bond donors (Lipinski definition) is 2. The van der Waals surface area contributed by atoms with E-state index >= 15 is 0 Å². The fraction of sp³-hybridized carbons (Fsp3) is 0.571. The molecule has 0 saturated heterocycles. The van der Waals surface area contributed by atoms with Crippen molar-refractivity contribution in [3.63, 3.8) is 0 Å². The van der Waals surface area contributed by atoms with Crippen LogP contribution in [0.3, 0.4) is 0 Å². The predicted molar refractivity (Wildman–Crippen MR) is 81.9 cm³/mol. The first kappa shape index (κ1) is 13.7. The zero-order valence-corrected chi connectivity index (χ0v) is 12.7. The number of aromatic nitrogens is 2. The molecule has 1 aliphatic rings. The van der Waals surface area contributed by atoms with E-state index < -0.39 is 0 Å². The summed E-state index contributed by atoms with van der Waals surface area (Å²) in [6, 6.07) is 0. The van der Waals surface area contributed by atoms with Crippen LogP contribution in [0.15, 0.2) is 0 Å². The molecule has 0 aromatic carbocycles. The van der Waals surface area contributed by atoms with Crippen LogP contribution in [-0.2, 0) is 17.6 Å². The van der Waals surface area contributed by atoms with Gasteiger partial charge in [-0.2, -0.15) is 0 Å². The molecule has 3 rings (SSSR count). The van der Waals surface area contributed by atoms with Crippen LogP contribution in [-0.4, -0.2) is 16.6 Å². The topological polar surface area (TPSA) is 73.1 Å². The van der Waals surface area contributed by atoms with E-state index in [0.29, 0.717) is 6.61 Å². The van der Waals surface area contributed by atoms with Gasteiger partial charge >= 0.3 is 0 Å². The number of fused-ring (bicyclic) bond motifs is 3. The molecular formula is C14H20N4OS. The quantitative estimate of drug-likeness (QED) is 0.655. The van der Waals surface area contributed by atoms with Crippen molar-refractivity contribution in [3.05, 3.63) is 16.3 Å². The van der Waals surface area contributed by atoms with E-state index in [9.17, 15) is 0 Å². The first-order valence-corrected chi connectivity index (χ1v) is 8.00. The van der Waals surface area contributed by atoms with Crippen molar-refractivity contribution in [1.82, 2.24) is 9.97 Å². The summed E-state index contributed by atoms with van der Waals surface area (Å²) in [4.78, 5) is 11.8. The molecule has 0 aliphatic heterocycles. The molecule has 108 valence electrons. The Labute approximate surface area is 122 Å². The highest BCUT2D eigenvalue weighted by molar-refractivity contribution is 7.19. The molecule has 6 heteroatoms. The average molecular weight is 292 g/mol. The van der Waals surface area contributed by atoms with Gasteiger partial charge in [-0.05, 0) is 38.2 Å². The maximum absolute atomic E-state index is 5.71. The molecule has 3 N–H and O–H groups in total. The molecule has 0 spiro atoms. The highest BCUT2D eigenvalue weighted by atomic mass is 32.1. The first-order chi connectivity index (χ1) is 9.78. The van der Waals surface area contributed by atoms with Crippen molar-refractivity contribution in [1.29, 1.82) is 0 Å². The zero-order valence-electron chi connectivity index (χ0n) is 11.9. The number of nitrogens with two attached hydrogens (primary N) is 1. The molecule has 2 aromatic heterocycles. The minimum absolute atomic E-state index is 0.0616. The highest BCUT2D eigenvalue weighted by Gasteiger charge is 2.23. The maximum atomic E-state index is 5.71. The van der Waals surface area contributed by atoms with Crippen LogP contribution in [0.2, 0.25) is 0 Å². The van der Waals surface area contributed by atoms with Gasteiger partial charge < -0.3 is 10.2 Å². The number of nitrogens with zero attached hydrogens (tertiary/aromatic N) is 2.